The average molecular weight is 289 g/mol. The molecular formula is C9H5F6NO3. The molecule has 1 unspecified atom stereocenters. The Hall–Kier alpha value is -2.00. The first kappa shape index (κ1) is 15.1. The topological polar surface area (TPSA) is 52.4 Å². The van der Waals surface area contributed by atoms with E-state index in [4.69, 9.17) is 0 Å². The van der Waals surface area contributed by atoms with Gasteiger partial charge in [-0.3, -0.25) is 10.1 Å². The molecule has 0 saturated carbocycles. The fourth-order valence-corrected chi connectivity index (χ4v) is 1.04. The number of benzene rings is 1. The van der Waals surface area contributed by atoms with Gasteiger partial charge < -0.3 is 4.74 Å². The Balaban J connectivity index is 2.86. The van der Waals surface area contributed by atoms with Crippen molar-refractivity contribution in [3.05, 3.63) is 34.4 Å². The van der Waals surface area contributed by atoms with Gasteiger partial charge in [0, 0.05) is 12.1 Å². The molecule has 0 radical (unpaired) electrons. The number of hydrogen-bond acceptors (Lipinski definition) is 3. The lowest BCUT2D eigenvalue weighted by Crippen LogP contribution is -2.45. The molecule has 0 saturated heterocycles. The van der Waals surface area contributed by atoms with Crippen molar-refractivity contribution in [3.63, 3.8) is 0 Å². The molecule has 0 fully saturated rings. The van der Waals surface area contributed by atoms with Gasteiger partial charge in [-0.2, -0.15) is 22.0 Å². The third kappa shape index (κ3) is 3.73. The number of rotatable bonds is 4. The molecule has 0 heterocycles. The molecule has 1 aromatic rings. The Labute approximate surface area is 101 Å². The Morgan fingerprint density at radius 1 is 1.11 bits per heavy atom. The highest BCUT2D eigenvalue weighted by atomic mass is 19.4. The number of halogens is 6. The maximum absolute atomic E-state index is 12.8. The van der Waals surface area contributed by atoms with Crippen LogP contribution < -0.4 is 4.74 Å². The fraction of sp³-hybridized carbons (Fsp3) is 0.333. The highest BCUT2D eigenvalue weighted by molar-refractivity contribution is 5.36. The van der Waals surface area contributed by atoms with E-state index in [2.05, 4.69) is 4.74 Å². The number of hydrogen-bond donors (Lipinski definition) is 0. The van der Waals surface area contributed by atoms with Crippen molar-refractivity contribution in [3.8, 4) is 5.75 Å². The molecular weight excluding hydrogens is 284 g/mol. The molecule has 1 atom stereocenters. The van der Waals surface area contributed by atoms with Gasteiger partial charge in [-0.25, -0.2) is 4.39 Å². The molecule has 4 nitrogen and oxygen atoms in total. The molecule has 10 heteroatoms. The molecule has 19 heavy (non-hydrogen) atoms. The summed E-state index contributed by atoms with van der Waals surface area (Å²) in [6.07, 6.45) is -15.4. The number of nitro benzene ring substituents is 1. The minimum atomic E-state index is -5.79. The largest absolute Gasteiger partial charge is 0.439 e. The standard InChI is InChI=1S/C9H5F6NO3/c10-7(8(11,12)13)9(14,15)19-6-3-1-5(2-4-6)16(17)18/h1-4,7H. The zero-order valence-corrected chi connectivity index (χ0v) is 8.83. The monoisotopic (exact) mass is 289 g/mol. The lowest BCUT2D eigenvalue weighted by atomic mass is 10.3. The van der Waals surface area contributed by atoms with Gasteiger partial charge in [-0.1, -0.05) is 0 Å². The molecule has 0 spiro atoms. The molecule has 1 aromatic carbocycles. The highest BCUT2D eigenvalue weighted by Gasteiger charge is 2.59. The lowest BCUT2D eigenvalue weighted by molar-refractivity contribution is -0.384. The zero-order valence-electron chi connectivity index (χ0n) is 8.83. The number of non-ortho nitro benzene ring substituents is 1. The van der Waals surface area contributed by atoms with Crippen LogP contribution in [0.1, 0.15) is 0 Å². The van der Waals surface area contributed by atoms with Crippen molar-refractivity contribution in [2.24, 2.45) is 0 Å². The zero-order chi connectivity index (χ0) is 14.8. The Morgan fingerprint density at radius 2 is 1.58 bits per heavy atom. The molecule has 0 aromatic heterocycles. The van der Waals surface area contributed by atoms with Crippen LogP contribution in [-0.2, 0) is 0 Å². The second-order valence-electron chi connectivity index (χ2n) is 3.32. The lowest BCUT2D eigenvalue weighted by Gasteiger charge is -2.22. The Kier molecular flexibility index (Phi) is 3.91. The van der Waals surface area contributed by atoms with E-state index in [1.165, 1.54) is 0 Å². The summed E-state index contributed by atoms with van der Waals surface area (Å²) in [4.78, 5) is 9.39. The maximum Gasteiger partial charge on any atom is 0.439 e. The van der Waals surface area contributed by atoms with Crippen LogP contribution in [0.3, 0.4) is 0 Å². The first-order valence-electron chi connectivity index (χ1n) is 4.56. The summed E-state index contributed by atoms with van der Waals surface area (Å²) in [7, 11) is 0. The van der Waals surface area contributed by atoms with Gasteiger partial charge in [0.05, 0.1) is 4.92 Å². The predicted molar refractivity (Wildman–Crippen MR) is 49.6 cm³/mol. The minimum absolute atomic E-state index is 0.483. The van der Waals surface area contributed by atoms with Crippen molar-refractivity contribution < 1.29 is 36.0 Å². The average Bonchev–Trinajstić information content (AvgIpc) is 2.27. The predicted octanol–water partition coefficient (Wildman–Crippen LogP) is 3.47. The van der Waals surface area contributed by atoms with Crippen LogP contribution in [-0.4, -0.2) is 23.4 Å². The molecule has 0 amide bonds. The van der Waals surface area contributed by atoms with Crippen LogP contribution in [0.15, 0.2) is 24.3 Å². The second kappa shape index (κ2) is 4.94. The van der Waals surface area contributed by atoms with E-state index in [0.29, 0.717) is 12.1 Å². The summed E-state index contributed by atoms with van der Waals surface area (Å²) in [6.45, 7) is 0. The molecule has 0 aliphatic carbocycles. The molecule has 1 rings (SSSR count). The van der Waals surface area contributed by atoms with E-state index in [-0.39, 0.29) is 0 Å². The summed E-state index contributed by atoms with van der Waals surface area (Å²) in [6, 6.07) is 2.72. The summed E-state index contributed by atoms with van der Waals surface area (Å²) in [5, 5.41) is 10.2. The van der Waals surface area contributed by atoms with Crippen LogP contribution in [0.25, 0.3) is 0 Å². The maximum atomic E-state index is 12.8. The third-order valence-electron chi connectivity index (χ3n) is 1.88. The molecule has 0 bridgehead atoms. The van der Waals surface area contributed by atoms with Crippen molar-refractivity contribution in [1.29, 1.82) is 0 Å². The number of nitro groups is 1. The van der Waals surface area contributed by atoms with E-state index in [9.17, 15) is 36.5 Å². The van der Waals surface area contributed by atoms with Crippen LogP contribution in [0.5, 0.6) is 5.75 Å². The van der Waals surface area contributed by atoms with E-state index in [0.717, 1.165) is 12.1 Å². The van der Waals surface area contributed by atoms with Crippen LogP contribution in [0, 0.1) is 10.1 Å². The van der Waals surface area contributed by atoms with Crippen molar-refractivity contribution in [1.82, 2.24) is 0 Å². The Morgan fingerprint density at radius 3 is 1.95 bits per heavy atom. The molecule has 0 aliphatic rings. The summed E-state index contributed by atoms with van der Waals surface area (Å²) in [5.41, 5.74) is -0.483. The first-order valence-corrected chi connectivity index (χ1v) is 4.56. The molecule has 106 valence electrons. The normalized spacial score (nSPS) is 14.0. The summed E-state index contributed by atoms with van der Waals surface area (Å²) >= 11 is 0. The van der Waals surface area contributed by atoms with Crippen LogP contribution in [0.2, 0.25) is 0 Å². The highest BCUT2D eigenvalue weighted by Crippen LogP contribution is 2.36. The molecule has 0 aliphatic heterocycles. The van der Waals surface area contributed by atoms with Gasteiger partial charge in [0.25, 0.3) is 11.9 Å². The molecule has 0 N–H and O–H groups in total. The Bertz CT molecular complexity index is 458. The van der Waals surface area contributed by atoms with Crippen molar-refractivity contribution in [2.45, 2.75) is 18.5 Å². The van der Waals surface area contributed by atoms with Gasteiger partial charge >= 0.3 is 12.3 Å². The fourth-order valence-electron chi connectivity index (χ4n) is 1.04. The first-order chi connectivity index (χ1) is 8.54. The van der Waals surface area contributed by atoms with Gasteiger partial charge in [-0.15, -0.1) is 0 Å². The van der Waals surface area contributed by atoms with Gasteiger partial charge in [-0.05, 0) is 12.1 Å². The van der Waals surface area contributed by atoms with Gasteiger partial charge in [0.15, 0.2) is 0 Å². The van der Waals surface area contributed by atoms with Gasteiger partial charge in [0.2, 0.25) is 0 Å². The third-order valence-corrected chi connectivity index (χ3v) is 1.88. The minimum Gasteiger partial charge on any atom is -0.430 e. The van der Waals surface area contributed by atoms with E-state index in [1.807, 2.05) is 0 Å². The smallest absolute Gasteiger partial charge is 0.430 e. The van der Waals surface area contributed by atoms with Crippen molar-refractivity contribution >= 4 is 5.69 Å². The summed E-state index contributed by atoms with van der Waals surface area (Å²) in [5.74, 6) is -0.831. The van der Waals surface area contributed by atoms with E-state index >= 15 is 0 Å². The van der Waals surface area contributed by atoms with Crippen LogP contribution in [0.4, 0.5) is 32.0 Å². The quantitative estimate of drug-likeness (QED) is 0.484. The number of ether oxygens (including phenoxy) is 1. The second-order valence-corrected chi connectivity index (χ2v) is 3.32. The van der Waals surface area contributed by atoms with E-state index < -0.39 is 34.8 Å². The number of nitrogens with zero attached hydrogens (tertiary/aromatic N) is 1. The van der Waals surface area contributed by atoms with E-state index in [1.54, 1.807) is 0 Å². The SMILES string of the molecule is O=[N+]([O-])c1ccc(OC(F)(F)C(F)C(F)(F)F)cc1. The van der Waals surface area contributed by atoms with Crippen LogP contribution >= 0.6 is 0 Å². The number of alkyl halides is 6. The van der Waals surface area contributed by atoms with Gasteiger partial charge in [0.1, 0.15) is 5.75 Å². The van der Waals surface area contributed by atoms with Crippen molar-refractivity contribution in [2.75, 3.05) is 0 Å². The summed E-state index contributed by atoms with van der Waals surface area (Å²) < 4.78 is 77.0.